The van der Waals surface area contributed by atoms with E-state index >= 15 is 0 Å². The Balaban J connectivity index is 1.72. The first-order valence-corrected chi connectivity index (χ1v) is 7.36. The summed E-state index contributed by atoms with van der Waals surface area (Å²) in [5, 5.41) is 0.297. The lowest BCUT2D eigenvalue weighted by molar-refractivity contribution is -0.0233. The molecule has 0 spiro atoms. The van der Waals surface area contributed by atoms with Crippen LogP contribution in [0.1, 0.15) is 11.8 Å². The highest BCUT2D eigenvalue weighted by molar-refractivity contribution is 6.35. The second kappa shape index (κ2) is 5.39. The summed E-state index contributed by atoms with van der Waals surface area (Å²) in [6, 6.07) is 7.77. The van der Waals surface area contributed by atoms with Gasteiger partial charge in [-0.25, -0.2) is 9.97 Å². The molecule has 0 N–H and O–H groups in total. The Bertz CT molecular complexity index is 825. The molecule has 1 aliphatic rings. The molecule has 2 aromatic heterocycles. The third-order valence-electron chi connectivity index (χ3n) is 3.45. The fourth-order valence-electron chi connectivity index (χ4n) is 2.42. The Hall–Kier alpha value is -1.89. The molecular formula is C14H10Cl2N4O2. The van der Waals surface area contributed by atoms with Crippen molar-refractivity contribution < 1.29 is 9.47 Å². The lowest BCUT2D eigenvalue weighted by atomic mass is 10.2. The molecule has 0 radical (unpaired) electrons. The number of nitrogens with zero attached hydrogens (tertiary/aromatic N) is 4. The van der Waals surface area contributed by atoms with Gasteiger partial charge in [0, 0.05) is 5.56 Å². The third-order valence-corrected chi connectivity index (χ3v) is 3.89. The maximum Gasteiger partial charge on any atom is 0.225 e. The first-order valence-electron chi connectivity index (χ1n) is 6.60. The van der Waals surface area contributed by atoms with Crippen molar-refractivity contribution in [3.63, 3.8) is 0 Å². The number of rotatable bonds is 1. The zero-order chi connectivity index (χ0) is 15.1. The van der Waals surface area contributed by atoms with Gasteiger partial charge in [-0.3, -0.25) is 4.57 Å². The maximum absolute atomic E-state index is 6.17. The molecule has 1 atom stereocenters. The molecule has 0 saturated heterocycles. The van der Waals surface area contributed by atoms with Gasteiger partial charge in [-0.15, -0.1) is 0 Å². The van der Waals surface area contributed by atoms with E-state index in [1.54, 1.807) is 10.9 Å². The molecule has 0 aliphatic carbocycles. The van der Waals surface area contributed by atoms with E-state index in [0.29, 0.717) is 24.4 Å². The number of fused-ring (bicyclic) bond motifs is 2. The SMILES string of the molecule is Clc1nc(Cl)c2c(ncn2C2COc3ccccc3CO2)n1. The van der Waals surface area contributed by atoms with Gasteiger partial charge in [0.2, 0.25) is 5.28 Å². The van der Waals surface area contributed by atoms with Gasteiger partial charge in [-0.05, 0) is 17.7 Å². The van der Waals surface area contributed by atoms with Crippen molar-refractivity contribution in [3.8, 4) is 5.75 Å². The standard InChI is InChI=1S/C14H10Cl2N4O2/c15-12-11-13(19-14(16)18-12)17-7-20(11)10-6-21-9-4-2-1-3-8(9)5-22-10/h1-4,7,10H,5-6H2. The number of para-hydroxylation sites is 1. The van der Waals surface area contributed by atoms with Crippen LogP contribution in [0.5, 0.6) is 5.75 Å². The topological polar surface area (TPSA) is 62.1 Å². The molecular weight excluding hydrogens is 327 g/mol. The highest BCUT2D eigenvalue weighted by Crippen LogP contribution is 2.29. The predicted molar refractivity (Wildman–Crippen MR) is 81.1 cm³/mol. The first kappa shape index (κ1) is 13.8. The van der Waals surface area contributed by atoms with Crippen molar-refractivity contribution in [2.75, 3.05) is 6.61 Å². The van der Waals surface area contributed by atoms with Gasteiger partial charge in [0.25, 0.3) is 0 Å². The van der Waals surface area contributed by atoms with Crippen LogP contribution in [0.2, 0.25) is 10.4 Å². The van der Waals surface area contributed by atoms with Crippen LogP contribution < -0.4 is 4.74 Å². The van der Waals surface area contributed by atoms with Gasteiger partial charge in [0.1, 0.15) is 24.2 Å². The van der Waals surface area contributed by atoms with Gasteiger partial charge in [-0.1, -0.05) is 29.8 Å². The molecule has 112 valence electrons. The van der Waals surface area contributed by atoms with Crippen molar-refractivity contribution >= 4 is 34.4 Å². The highest BCUT2D eigenvalue weighted by atomic mass is 35.5. The summed E-state index contributed by atoms with van der Waals surface area (Å²) in [6.07, 6.45) is 1.23. The lowest BCUT2D eigenvalue weighted by Crippen LogP contribution is -2.17. The van der Waals surface area contributed by atoms with Gasteiger partial charge in [-0.2, -0.15) is 4.98 Å². The summed E-state index contributed by atoms with van der Waals surface area (Å²) >= 11 is 12.0. The van der Waals surface area contributed by atoms with Crippen LogP contribution in [0.25, 0.3) is 11.2 Å². The van der Waals surface area contributed by atoms with E-state index < -0.39 is 0 Å². The van der Waals surface area contributed by atoms with Crippen molar-refractivity contribution in [3.05, 3.63) is 46.6 Å². The van der Waals surface area contributed by atoms with Crippen LogP contribution >= 0.6 is 23.2 Å². The van der Waals surface area contributed by atoms with E-state index in [4.69, 9.17) is 32.7 Å². The second-order valence-electron chi connectivity index (χ2n) is 4.79. The van der Waals surface area contributed by atoms with Crippen LogP contribution in [-0.4, -0.2) is 26.1 Å². The Morgan fingerprint density at radius 3 is 2.95 bits per heavy atom. The highest BCUT2D eigenvalue weighted by Gasteiger charge is 2.22. The van der Waals surface area contributed by atoms with E-state index in [0.717, 1.165) is 11.3 Å². The minimum atomic E-state index is -0.375. The fourth-order valence-corrected chi connectivity index (χ4v) is 2.89. The summed E-state index contributed by atoms with van der Waals surface area (Å²) in [6.45, 7) is 0.772. The van der Waals surface area contributed by atoms with E-state index in [1.807, 2.05) is 24.3 Å². The van der Waals surface area contributed by atoms with E-state index in [2.05, 4.69) is 15.0 Å². The minimum Gasteiger partial charge on any atom is -0.488 e. The smallest absolute Gasteiger partial charge is 0.225 e. The van der Waals surface area contributed by atoms with E-state index in [1.165, 1.54) is 0 Å². The average Bonchev–Trinajstić information content (AvgIpc) is 2.80. The summed E-state index contributed by atoms with van der Waals surface area (Å²) in [5.74, 6) is 0.819. The van der Waals surface area contributed by atoms with E-state index in [-0.39, 0.29) is 16.7 Å². The van der Waals surface area contributed by atoms with Crippen LogP contribution in [0.4, 0.5) is 0 Å². The molecule has 1 aliphatic heterocycles. The Morgan fingerprint density at radius 1 is 1.18 bits per heavy atom. The Morgan fingerprint density at radius 2 is 2.05 bits per heavy atom. The number of ether oxygens (including phenoxy) is 2. The molecule has 8 heteroatoms. The van der Waals surface area contributed by atoms with Gasteiger partial charge in [0.15, 0.2) is 17.0 Å². The Kier molecular flexibility index (Phi) is 3.37. The van der Waals surface area contributed by atoms with Crippen molar-refractivity contribution in [1.82, 2.24) is 19.5 Å². The fraction of sp³-hybridized carbons (Fsp3) is 0.214. The maximum atomic E-state index is 6.17. The minimum absolute atomic E-state index is 0.0631. The molecule has 0 bridgehead atoms. The van der Waals surface area contributed by atoms with Crippen molar-refractivity contribution in [2.24, 2.45) is 0 Å². The van der Waals surface area contributed by atoms with Gasteiger partial charge in [0.05, 0.1) is 6.61 Å². The zero-order valence-electron chi connectivity index (χ0n) is 11.2. The quantitative estimate of drug-likeness (QED) is 0.504. The van der Waals surface area contributed by atoms with E-state index in [9.17, 15) is 0 Å². The summed E-state index contributed by atoms with van der Waals surface area (Å²) < 4.78 is 13.5. The molecule has 4 rings (SSSR count). The number of hydrogen-bond donors (Lipinski definition) is 0. The number of benzene rings is 1. The number of hydrogen-bond acceptors (Lipinski definition) is 5. The normalized spacial score (nSPS) is 17.8. The lowest BCUT2D eigenvalue weighted by Gasteiger charge is -2.17. The molecule has 3 aromatic rings. The third kappa shape index (κ3) is 2.29. The van der Waals surface area contributed by atoms with Crippen LogP contribution in [0.15, 0.2) is 30.6 Å². The molecule has 3 heterocycles. The average molecular weight is 337 g/mol. The van der Waals surface area contributed by atoms with Crippen molar-refractivity contribution in [1.29, 1.82) is 0 Å². The number of aromatic nitrogens is 4. The summed E-state index contributed by atoms with van der Waals surface area (Å²) in [5.41, 5.74) is 2.00. The summed E-state index contributed by atoms with van der Waals surface area (Å²) in [7, 11) is 0. The molecule has 0 amide bonds. The number of imidazole rings is 1. The molecule has 6 nitrogen and oxygen atoms in total. The largest absolute Gasteiger partial charge is 0.488 e. The monoisotopic (exact) mass is 336 g/mol. The molecule has 0 fully saturated rings. The van der Waals surface area contributed by atoms with Crippen LogP contribution in [-0.2, 0) is 11.3 Å². The first-order chi connectivity index (χ1) is 10.7. The molecule has 22 heavy (non-hydrogen) atoms. The molecule has 1 aromatic carbocycles. The van der Waals surface area contributed by atoms with Crippen molar-refractivity contribution in [2.45, 2.75) is 12.8 Å². The second-order valence-corrected chi connectivity index (χ2v) is 5.49. The van der Waals surface area contributed by atoms with Crippen LogP contribution in [0.3, 0.4) is 0 Å². The van der Waals surface area contributed by atoms with Gasteiger partial charge >= 0.3 is 0 Å². The Labute approximate surface area is 135 Å². The zero-order valence-corrected chi connectivity index (χ0v) is 12.8. The van der Waals surface area contributed by atoms with Gasteiger partial charge < -0.3 is 9.47 Å². The predicted octanol–water partition coefficient (Wildman–Crippen LogP) is 3.24. The molecule has 0 saturated carbocycles. The van der Waals surface area contributed by atoms with Crippen LogP contribution in [0, 0.1) is 0 Å². The summed E-state index contributed by atoms with van der Waals surface area (Å²) in [4.78, 5) is 12.2. The molecule has 1 unspecified atom stereocenters. The number of halogens is 2.